The Labute approximate surface area is 178 Å². The number of nitrogens with one attached hydrogen (secondary N) is 1. The number of benzene rings is 2. The van der Waals surface area contributed by atoms with Crippen molar-refractivity contribution in [2.75, 3.05) is 5.32 Å². The van der Waals surface area contributed by atoms with Gasteiger partial charge in [-0.1, -0.05) is 19.1 Å². The van der Waals surface area contributed by atoms with Crippen LogP contribution in [0.4, 0.5) is 5.69 Å². The Kier molecular flexibility index (Phi) is 6.92. The molecule has 0 fully saturated rings. The highest BCUT2D eigenvalue weighted by molar-refractivity contribution is 6.00. The van der Waals surface area contributed by atoms with Crippen molar-refractivity contribution in [3.63, 3.8) is 0 Å². The maximum absolute atomic E-state index is 12.6. The molecule has 0 saturated heterocycles. The number of nitrogens with zero attached hydrogens (tertiary/aromatic N) is 2. The van der Waals surface area contributed by atoms with Crippen molar-refractivity contribution in [3.8, 4) is 0 Å². The summed E-state index contributed by atoms with van der Waals surface area (Å²) in [6.45, 7) is 3.06. The van der Waals surface area contributed by atoms with E-state index in [-0.39, 0.29) is 18.2 Å². The van der Waals surface area contributed by atoms with E-state index in [4.69, 9.17) is 4.74 Å². The molecule has 31 heavy (non-hydrogen) atoms. The lowest BCUT2D eigenvalue weighted by Gasteiger charge is -2.14. The lowest BCUT2D eigenvalue weighted by Crippen LogP contribution is -2.30. The predicted molar refractivity (Wildman–Crippen MR) is 116 cm³/mol. The summed E-state index contributed by atoms with van der Waals surface area (Å²) >= 11 is 0. The number of rotatable bonds is 8. The molecule has 2 aromatic carbocycles. The van der Waals surface area contributed by atoms with E-state index < -0.39 is 17.6 Å². The van der Waals surface area contributed by atoms with Crippen molar-refractivity contribution < 1.29 is 19.1 Å². The van der Waals surface area contributed by atoms with Gasteiger partial charge in [-0.15, -0.1) is 0 Å². The van der Waals surface area contributed by atoms with Crippen molar-refractivity contribution in [1.82, 2.24) is 9.55 Å². The Morgan fingerprint density at radius 3 is 2.52 bits per heavy atom. The van der Waals surface area contributed by atoms with Crippen molar-refractivity contribution in [2.24, 2.45) is 0 Å². The molecule has 0 radical (unpaired) electrons. The van der Waals surface area contributed by atoms with E-state index in [2.05, 4.69) is 10.3 Å². The molecule has 1 unspecified atom stereocenters. The van der Waals surface area contributed by atoms with Gasteiger partial charge in [-0.3, -0.25) is 23.7 Å². The first-order valence-electron chi connectivity index (χ1n) is 9.97. The summed E-state index contributed by atoms with van der Waals surface area (Å²) in [5.74, 6) is -1.18. The van der Waals surface area contributed by atoms with Gasteiger partial charge in [0, 0.05) is 17.7 Å². The molecule has 1 amide bonds. The van der Waals surface area contributed by atoms with Gasteiger partial charge in [0.15, 0.2) is 6.10 Å². The van der Waals surface area contributed by atoms with Gasteiger partial charge in [-0.05, 0) is 49.7 Å². The molecule has 0 spiro atoms. The summed E-state index contributed by atoms with van der Waals surface area (Å²) in [7, 11) is 0. The first-order valence-corrected chi connectivity index (χ1v) is 9.97. The van der Waals surface area contributed by atoms with Crippen molar-refractivity contribution in [3.05, 3.63) is 70.6 Å². The molecule has 0 aliphatic rings. The largest absolute Gasteiger partial charge is 0.453 e. The molecule has 0 aliphatic heterocycles. The molecular formula is C23H23N3O5. The monoisotopic (exact) mass is 421 g/mol. The number of esters is 1. The molecule has 1 atom stereocenters. The van der Waals surface area contributed by atoms with Crippen molar-refractivity contribution >= 4 is 34.4 Å². The van der Waals surface area contributed by atoms with E-state index in [1.807, 2.05) is 6.92 Å². The number of fused-ring (bicyclic) bond motifs is 1. The summed E-state index contributed by atoms with van der Waals surface area (Å²) in [5, 5.41) is 2.74. The molecule has 1 aromatic heterocycles. The highest BCUT2D eigenvalue weighted by Gasteiger charge is 2.20. The molecule has 1 heterocycles. The average molecular weight is 421 g/mol. The Bertz CT molecular complexity index is 1170. The maximum atomic E-state index is 12.6. The Balaban J connectivity index is 1.65. The highest BCUT2D eigenvalue weighted by Crippen LogP contribution is 2.14. The Morgan fingerprint density at radius 2 is 1.81 bits per heavy atom. The zero-order chi connectivity index (χ0) is 22.4. The quantitative estimate of drug-likeness (QED) is 0.443. The molecule has 0 bridgehead atoms. The second-order valence-electron chi connectivity index (χ2n) is 7.04. The third-order valence-corrected chi connectivity index (χ3v) is 4.65. The van der Waals surface area contributed by atoms with Crippen LogP contribution in [-0.2, 0) is 20.9 Å². The molecule has 160 valence electrons. The second-order valence-corrected chi connectivity index (χ2v) is 7.04. The van der Waals surface area contributed by atoms with Crippen LogP contribution in [0.15, 0.2) is 59.5 Å². The fourth-order valence-corrected chi connectivity index (χ4v) is 3.10. The van der Waals surface area contributed by atoms with Gasteiger partial charge >= 0.3 is 5.97 Å². The minimum atomic E-state index is -1.03. The third-order valence-electron chi connectivity index (χ3n) is 4.65. The van der Waals surface area contributed by atoms with Gasteiger partial charge < -0.3 is 10.1 Å². The Hall–Kier alpha value is -3.81. The minimum absolute atomic E-state index is 0.0947. The van der Waals surface area contributed by atoms with Crippen LogP contribution in [0.1, 0.15) is 37.0 Å². The van der Waals surface area contributed by atoms with Crippen LogP contribution in [0.25, 0.3) is 11.0 Å². The number of ether oxygens (including phenoxy) is 1. The number of carbonyl (C=O) groups excluding carboxylic acids is 3. The van der Waals surface area contributed by atoms with E-state index in [1.54, 1.807) is 48.5 Å². The van der Waals surface area contributed by atoms with Gasteiger partial charge in [0.1, 0.15) is 6.54 Å². The zero-order valence-electron chi connectivity index (χ0n) is 17.3. The van der Waals surface area contributed by atoms with Crippen LogP contribution < -0.4 is 10.9 Å². The van der Waals surface area contributed by atoms with Crippen LogP contribution in [0.5, 0.6) is 0 Å². The van der Waals surface area contributed by atoms with Gasteiger partial charge in [-0.25, -0.2) is 4.98 Å². The zero-order valence-corrected chi connectivity index (χ0v) is 17.3. The van der Waals surface area contributed by atoms with Crippen molar-refractivity contribution in [2.45, 2.75) is 39.3 Å². The van der Waals surface area contributed by atoms with Gasteiger partial charge in [-0.2, -0.15) is 0 Å². The van der Waals surface area contributed by atoms with Crippen molar-refractivity contribution in [1.29, 1.82) is 0 Å². The summed E-state index contributed by atoms with van der Waals surface area (Å²) in [5.41, 5.74) is 1.58. The first kappa shape index (κ1) is 21.9. The molecule has 0 aliphatic carbocycles. The fourth-order valence-electron chi connectivity index (χ4n) is 3.10. The smallest absolute Gasteiger partial charge is 0.326 e. The molecule has 3 aromatic rings. The van der Waals surface area contributed by atoms with E-state index in [9.17, 15) is 19.2 Å². The number of ketones is 1. The fraction of sp³-hybridized carbons (Fsp3) is 0.261. The van der Waals surface area contributed by atoms with E-state index in [1.165, 1.54) is 11.5 Å². The lowest BCUT2D eigenvalue weighted by atomic mass is 10.1. The lowest BCUT2D eigenvalue weighted by molar-refractivity contribution is -0.147. The van der Waals surface area contributed by atoms with Gasteiger partial charge in [0.25, 0.3) is 5.56 Å². The maximum Gasteiger partial charge on any atom is 0.326 e. The standard InChI is InChI=1S/C23H23N3O5/c1-3-6-20(27)25-17-11-9-16(10-12-17)23(30)15(2)31-22(29)14-26-19-8-5-4-7-18(19)24-13-21(26)28/h4-5,7-13,15H,3,6,14H2,1-2H3,(H,25,27). The van der Waals surface area contributed by atoms with Crippen LogP contribution in [0.2, 0.25) is 0 Å². The molecule has 8 heteroatoms. The molecule has 1 N–H and O–H groups in total. The second kappa shape index (κ2) is 9.80. The SMILES string of the molecule is CCCC(=O)Nc1ccc(C(=O)C(C)OC(=O)Cn2c(=O)cnc3ccccc32)cc1. The minimum Gasteiger partial charge on any atom is -0.453 e. The number of Topliss-reactive ketones (excluding diaryl/α,β-unsaturated/α-hetero) is 1. The highest BCUT2D eigenvalue weighted by atomic mass is 16.5. The van der Waals surface area contributed by atoms with Gasteiger partial charge in [0.2, 0.25) is 11.7 Å². The van der Waals surface area contributed by atoms with Crippen LogP contribution >= 0.6 is 0 Å². The third kappa shape index (κ3) is 5.42. The topological polar surface area (TPSA) is 107 Å². The molecular weight excluding hydrogens is 398 g/mol. The number of anilines is 1. The number of amides is 1. The normalized spacial score (nSPS) is 11.7. The molecule has 0 saturated carbocycles. The summed E-state index contributed by atoms with van der Waals surface area (Å²) in [4.78, 5) is 52.8. The van der Waals surface area contributed by atoms with Gasteiger partial charge in [0.05, 0.1) is 17.2 Å². The number of hydrogen-bond donors (Lipinski definition) is 1. The van der Waals surface area contributed by atoms with E-state index >= 15 is 0 Å². The summed E-state index contributed by atoms with van der Waals surface area (Å²) < 4.78 is 6.52. The first-order chi connectivity index (χ1) is 14.9. The summed E-state index contributed by atoms with van der Waals surface area (Å²) in [6, 6.07) is 13.3. The predicted octanol–water partition coefficient (Wildman–Crippen LogP) is 2.95. The van der Waals surface area contributed by atoms with Crippen LogP contribution in [0.3, 0.4) is 0 Å². The van der Waals surface area contributed by atoms with Crippen LogP contribution in [-0.4, -0.2) is 33.3 Å². The number of hydrogen-bond acceptors (Lipinski definition) is 6. The van der Waals surface area contributed by atoms with Crippen LogP contribution in [0, 0.1) is 0 Å². The molecule has 3 rings (SSSR count). The molecule has 8 nitrogen and oxygen atoms in total. The number of carbonyl (C=O) groups is 3. The average Bonchev–Trinajstić information content (AvgIpc) is 2.76. The number of aromatic nitrogens is 2. The van der Waals surface area contributed by atoms with E-state index in [0.717, 1.165) is 12.6 Å². The van der Waals surface area contributed by atoms with E-state index in [0.29, 0.717) is 28.7 Å². The Morgan fingerprint density at radius 1 is 1.10 bits per heavy atom. The summed E-state index contributed by atoms with van der Waals surface area (Å²) in [6.07, 6.45) is 1.28. The number of para-hydroxylation sites is 2.